The number of hydrogen-bond acceptors (Lipinski definition) is 3. The number of aryl methyl sites for hydroxylation is 1. The molecule has 4 nitrogen and oxygen atoms in total. The molecule has 1 fully saturated rings. The molecule has 1 saturated heterocycles. The molecular weight excluding hydrogens is 295 g/mol. The van der Waals surface area contributed by atoms with Gasteiger partial charge in [-0.05, 0) is 37.9 Å². The quantitative estimate of drug-likeness (QED) is 0.925. The molecule has 2 aromatic heterocycles. The topological polar surface area (TPSA) is 46.6 Å². The summed E-state index contributed by atoms with van der Waals surface area (Å²) in [5, 5.41) is 0. The highest BCUT2D eigenvalue weighted by atomic mass is 35.5. The van der Waals surface area contributed by atoms with Crippen molar-refractivity contribution in [2.75, 3.05) is 13.1 Å². The maximum atomic E-state index is 6.01. The number of imidazole rings is 1. The zero-order chi connectivity index (χ0) is 12.5. The van der Waals surface area contributed by atoms with Gasteiger partial charge in [-0.3, -0.25) is 4.90 Å². The van der Waals surface area contributed by atoms with E-state index in [1.54, 1.807) is 0 Å². The molecule has 0 amide bonds. The molecule has 0 spiro atoms. The molecule has 20 heavy (non-hydrogen) atoms. The Morgan fingerprint density at radius 1 is 1.30 bits per heavy atom. The molecule has 1 aliphatic rings. The van der Waals surface area contributed by atoms with Crippen LogP contribution >= 0.6 is 24.8 Å². The molecule has 6 heteroatoms. The van der Waals surface area contributed by atoms with E-state index in [0.29, 0.717) is 6.04 Å². The minimum atomic E-state index is 0. The van der Waals surface area contributed by atoms with Gasteiger partial charge < -0.3 is 10.1 Å². The fraction of sp³-hybridized carbons (Fsp3) is 0.500. The van der Waals surface area contributed by atoms with Crippen LogP contribution in [-0.2, 0) is 6.54 Å². The van der Waals surface area contributed by atoms with Crippen molar-refractivity contribution in [3.05, 3.63) is 35.8 Å². The second kappa shape index (κ2) is 7.27. The summed E-state index contributed by atoms with van der Waals surface area (Å²) in [6.07, 6.45) is 6.60. The SMILES string of the molecule is Cc1ccc2nc(CN3CCC[C@@H](N)C3)cn2c1.Cl.Cl. The van der Waals surface area contributed by atoms with Gasteiger partial charge >= 0.3 is 0 Å². The Labute approximate surface area is 132 Å². The van der Waals surface area contributed by atoms with E-state index < -0.39 is 0 Å². The molecule has 2 N–H and O–H groups in total. The molecule has 0 unspecified atom stereocenters. The lowest BCUT2D eigenvalue weighted by molar-refractivity contribution is 0.200. The Morgan fingerprint density at radius 3 is 2.85 bits per heavy atom. The van der Waals surface area contributed by atoms with Crippen LogP contribution in [0, 0.1) is 6.92 Å². The van der Waals surface area contributed by atoms with Crippen LogP contribution < -0.4 is 5.73 Å². The molecule has 3 rings (SSSR count). The lowest BCUT2D eigenvalue weighted by Crippen LogP contribution is -2.42. The van der Waals surface area contributed by atoms with Crippen molar-refractivity contribution < 1.29 is 0 Å². The maximum Gasteiger partial charge on any atom is 0.137 e. The minimum absolute atomic E-state index is 0. The Balaban J connectivity index is 0.000001000. The summed E-state index contributed by atoms with van der Waals surface area (Å²) < 4.78 is 2.11. The zero-order valence-corrected chi connectivity index (χ0v) is 13.3. The summed E-state index contributed by atoms with van der Waals surface area (Å²) in [6, 6.07) is 4.50. The number of rotatable bonds is 2. The number of pyridine rings is 1. The third kappa shape index (κ3) is 3.85. The van der Waals surface area contributed by atoms with Gasteiger partial charge in [-0.2, -0.15) is 0 Å². The molecule has 0 radical (unpaired) electrons. The Kier molecular flexibility index (Phi) is 6.27. The highest BCUT2D eigenvalue weighted by Crippen LogP contribution is 2.13. The number of piperidine rings is 1. The van der Waals surface area contributed by atoms with E-state index in [4.69, 9.17) is 5.73 Å². The number of nitrogens with two attached hydrogens (primary N) is 1. The lowest BCUT2D eigenvalue weighted by atomic mass is 10.1. The van der Waals surface area contributed by atoms with Gasteiger partial charge in [-0.25, -0.2) is 4.98 Å². The van der Waals surface area contributed by atoms with Crippen molar-refractivity contribution in [1.29, 1.82) is 0 Å². The summed E-state index contributed by atoms with van der Waals surface area (Å²) in [5.74, 6) is 0. The average molecular weight is 317 g/mol. The smallest absolute Gasteiger partial charge is 0.137 e. The van der Waals surface area contributed by atoms with Gasteiger partial charge in [0.15, 0.2) is 0 Å². The van der Waals surface area contributed by atoms with Crippen molar-refractivity contribution in [1.82, 2.24) is 14.3 Å². The second-order valence-corrected chi connectivity index (χ2v) is 5.34. The monoisotopic (exact) mass is 316 g/mol. The van der Waals surface area contributed by atoms with E-state index in [1.807, 2.05) is 0 Å². The summed E-state index contributed by atoms with van der Waals surface area (Å²) >= 11 is 0. The molecule has 2 aromatic rings. The minimum Gasteiger partial charge on any atom is -0.327 e. The Morgan fingerprint density at radius 2 is 2.10 bits per heavy atom. The first-order valence-electron chi connectivity index (χ1n) is 6.63. The van der Waals surface area contributed by atoms with Gasteiger partial charge in [0.1, 0.15) is 5.65 Å². The fourth-order valence-electron chi connectivity index (χ4n) is 2.70. The standard InChI is InChI=1S/C14H20N4.2ClH/c1-11-4-5-14-16-13(10-18(14)7-11)9-17-6-2-3-12(15)8-17;;/h4-5,7,10,12H,2-3,6,8-9,15H2,1H3;2*1H/t12-;;/m1../s1. The van der Waals surface area contributed by atoms with Gasteiger partial charge in [0, 0.05) is 31.5 Å². The highest BCUT2D eigenvalue weighted by molar-refractivity contribution is 5.85. The first kappa shape index (κ1) is 17.2. The zero-order valence-electron chi connectivity index (χ0n) is 11.7. The van der Waals surface area contributed by atoms with Crippen LogP contribution in [-0.4, -0.2) is 33.4 Å². The molecule has 1 atom stereocenters. The van der Waals surface area contributed by atoms with Crippen molar-refractivity contribution in [3.63, 3.8) is 0 Å². The number of halogens is 2. The van der Waals surface area contributed by atoms with Crippen molar-refractivity contribution in [3.8, 4) is 0 Å². The summed E-state index contributed by atoms with van der Waals surface area (Å²) in [5.41, 5.74) is 9.42. The van der Waals surface area contributed by atoms with Crippen LogP contribution in [0.1, 0.15) is 24.1 Å². The number of likely N-dealkylation sites (tertiary alicyclic amines) is 1. The Hall–Kier alpha value is -0.810. The van der Waals surface area contributed by atoms with Crippen LogP contribution in [0.3, 0.4) is 0 Å². The van der Waals surface area contributed by atoms with Gasteiger partial charge in [-0.15, -0.1) is 24.8 Å². The first-order valence-corrected chi connectivity index (χ1v) is 6.63. The van der Waals surface area contributed by atoms with Crippen molar-refractivity contribution in [2.24, 2.45) is 5.73 Å². The van der Waals surface area contributed by atoms with E-state index in [2.05, 4.69) is 45.7 Å². The predicted octanol–water partition coefficient (Wildman–Crippen LogP) is 2.41. The third-order valence-electron chi connectivity index (χ3n) is 3.58. The van der Waals surface area contributed by atoms with Crippen LogP contribution in [0.4, 0.5) is 0 Å². The van der Waals surface area contributed by atoms with E-state index in [0.717, 1.165) is 37.4 Å². The van der Waals surface area contributed by atoms with Crippen LogP contribution in [0.25, 0.3) is 5.65 Å². The van der Waals surface area contributed by atoms with Crippen LogP contribution in [0.2, 0.25) is 0 Å². The van der Waals surface area contributed by atoms with Crippen molar-refractivity contribution in [2.45, 2.75) is 32.4 Å². The van der Waals surface area contributed by atoms with Gasteiger partial charge in [0.05, 0.1) is 5.69 Å². The summed E-state index contributed by atoms with van der Waals surface area (Å²) in [4.78, 5) is 7.06. The second-order valence-electron chi connectivity index (χ2n) is 5.34. The summed E-state index contributed by atoms with van der Waals surface area (Å²) in [6.45, 7) is 5.14. The number of fused-ring (bicyclic) bond motifs is 1. The molecule has 0 saturated carbocycles. The highest BCUT2D eigenvalue weighted by Gasteiger charge is 2.17. The average Bonchev–Trinajstić information content (AvgIpc) is 2.70. The molecule has 112 valence electrons. The maximum absolute atomic E-state index is 6.01. The van der Waals surface area contributed by atoms with E-state index in [-0.39, 0.29) is 24.8 Å². The number of hydrogen-bond donors (Lipinski definition) is 1. The number of nitrogens with zero attached hydrogens (tertiary/aromatic N) is 3. The predicted molar refractivity (Wildman–Crippen MR) is 86.9 cm³/mol. The largest absolute Gasteiger partial charge is 0.327 e. The van der Waals surface area contributed by atoms with Crippen LogP contribution in [0.15, 0.2) is 24.5 Å². The summed E-state index contributed by atoms with van der Waals surface area (Å²) in [7, 11) is 0. The molecular formula is C14H22Cl2N4. The lowest BCUT2D eigenvalue weighted by Gasteiger charge is -2.29. The van der Waals surface area contributed by atoms with Gasteiger partial charge in [-0.1, -0.05) is 6.07 Å². The number of aromatic nitrogens is 2. The van der Waals surface area contributed by atoms with E-state index >= 15 is 0 Å². The van der Waals surface area contributed by atoms with E-state index in [9.17, 15) is 0 Å². The Bertz CT molecular complexity index is 555. The normalized spacial score (nSPS) is 19.4. The molecule has 3 heterocycles. The molecule has 0 bridgehead atoms. The third-order valence-corrected chi connectivity index (χ3v) is 3.58. The van der Waals surface area contributed by atoms with Crippen molar-refractivity contribution >= 4 is 30.5 Å². The van der Waals surface area contributed by atoms with E-state index in [1.165, 1.54) is 12.0 Å². The molecule has 0 aromatic carbocycles. The first-order chi connectivity index (χ1) is 8.70. The fourth-order valence-corrected chi connectivity index (χ4v) is 2.70. The van der Waals surface area contributed by atoms with Gasteiger partial charge in [0.2, 0.25) is 0 Å². The molecule has 0 aliphatic carbocycles. The van der Waals surface area contributed by atoms with Gasteiger partial charge in [0.25, 0.3) is 0 Å². The van der Waals surface area contributed by atoms with Crippen LogP contribution in [0.5, 0.6) is 0 Å². The molecule has 1 aliphatic heterocycles.